The van der Waals surface area contributed by atoms with E-state index in [0.29, 0.717) is 68.7 Å². The van der Waals surface area contributed by atoms with Gasteiger partial charge in [-0.2, -0.15) is 0 Å². The molecule has 0 aromatic heterocycles. The molecule has 0 amide bonds. The van der Waals surface area contributed by atoms with E-state index in [1.165, 1.54) is 0 Å². The minimum atomic E-state index is 0.252. The van der Waals surface area contributed by atoms with Crippen LogP contribution in [-0.2, 0) is 0 Å². The third-order valence-corrected chi connectivity index (χ3v) is 6.65. The Morgan fingerprint density at radius 2 is 0.467 bits per heavy atom. The highest BCUT2D eigenvalue weighted by Crippen LogP contribution is 2.50. The van der Waals surface area contributed by atoms with E-state index >= 15 is 0 Å². The van der Waals surface area contributed by atoms with Crippen LogP contribution in [0.25, 0.3) is 0 Å². The molecule has 8 N–H and O–H groups in total. The number of ether oxygens (including phenoxy) is 5. The Morgan fingerprint density at radius 3 is 0.756 bits per heavy atom. The maximum Gasteiger partial charge on any atom is 0.212 e. The number of nitrogens with two attached hydrogens (primary N) is 4. The molecule has 9 heteroatoms. The molecule has 0 atom stereocenters. The fourth-order valence-corrected chi connectivity index (χ4v) is 4.38. The highest BCUT2D eigenvalue weighted by atomic mass is 16.6. The predicted octanol–water partition coefficient (Wildman–Crippen LogP) is 8.98. The predicted molar refractivity (Wildman–Crippen MR) is 177 cm³/mol. The Kier molecular flexibility index (Phi) is 8.15. The Morgan fingerprint density at radius 1 is 0.244 bits per heavy atom. The minimum Gasteiger partial charge on any atom is -0.451 e. The normalized spacial score (nSPS) is 10.6. The van der Waals surface area contributed by atoms with E-state index in [0.717, 1.165) is 0 Å². The van der Waals surface area contributed by atoms with Gasteiger partial charge in [-0.15, -0.1) is 0 Å². The number of hydrogen-bond donors (Lipinski definition) is 4. The Balaban J connectivity index is 1.46. The van der Waals surface area contributed by atoms with Crippen LogP contribution in [0.1, 0.15) is 0 Å². The van der Waals surface area contributed by atoms with E-state index in [2.05, 4.69) is 0 Å². The van der Waals surface area contributed by atoms with E-state index in [1.54, 1.807) is 84.9 Å². The van der Waals surface area contributed by atoms with Gasteiger partial charge in [0.25, 0.3) is 0 Å². The van der Waals surface area contributed by atoms with Crippen LogP contribution in [0.4, 0.5) is 22.7 Å². The first-order valence-corrected chi connectivity index (χ1v) is 14.0. The van der Waals surface area contributed by atoms with Crippen LogP contribution in [0.5, 0.6) is 57.5 Å². The summed E-state index contributed by atoms with van der Waals surface area (Å²) in [5.41, 5.74) is 26.6. The largest absolute Gasteiger partial charge is 0.451 e. The molecule has 6 aromatic rings. The SMILES string of the molecule is Nc1ccccc1Oc1cccc(Oc2cccc(Oc3ccccc3N)c2Oc2ccccc2N)c1Oc1ccccc1N. The number of hydrogen-bond acceptors (Lipinski definition) is 9. The fraction of sp³-hybridized carbons (Fsp3) is 0. The molecular formula is C36H30N4O5. The van der Waals surface area contributed by atoms with E-state index in [4.69, 9.17) is 46.6 Å². The Labute approximate surface area is 260 Å². The molecule has 0 aliphatic rings. The average Bonchev–Trinajstić information content (AvgIpc) is 3.04. The van der Waals surface area contributed by atoms with Crippen molar-refractivity contribution in [2.45, 2.75) is 0 Å². The summed E-state index contributed by atoms with van der Waals surface area (Å²) < 4.78 is 31.7. The lowest BCUT2D eigenvalue weighted by atomic mass is 10.2. The molecule has 0 saturated heterocycles. The summed E-state index contributed by atoms with van der Waals surface area (Å²) in [5, 5.41) is 0. The fourth-order valence-electron chi connectivity index (χ4n) is 4.38. The molecule has 45 heavy (non-hydrogen) atoms. The summed E-state index contributed by atoms with van der Waals surface area (Å²) in [5.74, 6) is 3.49. The molecule has 0 heterocycles. The molecule has 6 aromatic carbocycles. The first-order chi connectivity index (χ1) is 22.0. The first kappa shape index (κ1) is 28.6. The first-order valence-electron chi connectivity index (χ1n) is 14.0. The summed E-state index contributed by atoms with van der Waals surface area (Å²) in [4.78, 5) is 0. The number of anilines is 4. The highest BCUT2D eigenvalue weighted by Gasteiger charge is 2.22. The van der Waals surface area contributed by atoms with Gasteiger partial charge in [-0.3, -0.25) is 0 Å². The zero-order chi connectivity index (χ0) is 31.2. The molecular weight excluding hydrogens is 568 g/mol. The minimum absolute atomic E-state index is 0.252. The summed E-state index contributed by atoms with van der Waals surface area (Å²) >= 11 is 0. The van der Waals surface area contributed by atoms with Crippen molar-refractivity contribution in [1.82, 2.24) is 0 Å². The molecule has 0 fully saturated rings. The van der Waals surface area contributed by atoms with E-state index in [1.807, 2.05) is 48.5 Å². The smallest absolute Gasteiger partial charge is 0.212 e. The summed E-state index contributed by atoms with van der Waals surface area (Å²) in [6.07, 6.45) is 0. The summed E-state index contributed by atoms with van der Waals surface area (Å²) in [6, 6.07) is 39.0. The number of rotatable bonds is 10. The zero-order valence-corrected chi connectivity index (χ0v) is 24.1. The van der Waals surface area contributed by atoms with Crippen molar-refractivity contribution >= 4 is 22.7 Å². The Hall–Kier alpha value is -6.48. The van der Waals surface area contributed by atoms with E-state index < -0.39 is 0 Å². The molecule has 9 nitrogen and oxygen atoms in total. The second-order valence-electron chi connectivity index (χ2n) is 9.83. The van der Waals surface area contributed by atoms with Gasteiger partial charge in [0.05, 0.1) is 22.7 Å². The van der Waals surface area contributed by atoms with Gasteiger partial charge in [-0.25, -0.2) is 0 Å². The van der Waals surface area contributed by atoms with Gasteiger partial charge in [0.15, 0.2) is 46.0 Å². The van der Waals surface area contributed by atoms with Crippen molar-refractivity contribution in [1.29, 1.82) is 0 Å². The van der Waals surface area contributed by atoms with Gasteiger partial charge >= 0.3 is 0 Å². The zero-order valence-electron chi connectivity index (χ0n) is 24.1. The second-order valence-corrected chi connectivity index (χ2v) is 9.83. The average molecular weight is 599 g/mol. The highest BCUT2D eigenvalue weighted by molar-refractivity contribution is 5.65. The van der Waals surface area contributed by atoms with Crippen LogP contribution in [0, 0.1) is 0 Å². The van der Waals surface area contributed by atoms with Gasteiger partial charge in [0.1, 0.15) is 0 Å². The number of para-hydroxylation sites is 10. The summed E-state index contributed by atoms with van der Waals surface area (Å²) in [7, 11) is 0. The third kappa shape index (κ3) is 6.47. The number of benzene rings is 6. The quantitative estimate of drug-likeness (QED) is 0.113. The van der Waals surface area contributed by atoms with Gasteiger partial charge in [-0.1, -0.05) is 60.7 Å². The van der Waals surface area contributed by atoms with Crippen LogP contribution in [0.3, 0.4) is 0 Å². The lowest BCUT2D eigenvalue weighted by Crippen LogP contribution is -2.00. The Bertz CT molecular complexity index is 1820. The molecule has 0 radical (unpaired) electrons. The van der Waals surface area contributed by atoms with Crippen LogP contribution in [-0.4, -0.2) is 0 Å². The van der Waals surface area contributed by atoms with Crippen molar-refractivity contribution in [3.05, 3.63) is 133 Å². The van der Waals surface area contributed by atoms with E-state index in [9.17, 15) is 0 Å². The molecule has 0 unspecified atom stereocenters. The van der Waals surface area contributed by atoms with Gasteiger partial charge in [0, 0.05) is 0 Å². The topological polar surface area (TPSA) is 150 Å². The van der Waals surface area contributed by atoms with Crippen molar-refractivity contribution in [3.8, 4) is 57.5 Å². The monoisotopic (exact) mass is 598 g/mol. The van der Waals surface area contributed by atoms with Crippen LogP contribution in [0.2, 0.25) is 0 Å². The standard InChI is InChI=1S/C36H30N4O5/c37-23-11-1-5-15-27(23)41-31-19-9-21-33(35(31)44-29-17-7-3-13-25(29)39)43-34-22-10-20-32(42-28-16-6-2-12-24(28)38)36(34)45-30-18-8-4-14-26(30)40/h1-22H,37-40H2. The van der Waals surface area contributed by atoms with Crippen molar-refractivity contribution in [2.75, 3.05) is 22.9 Å². The second kappa shape index (κ2) is 12.8. The van der Waals surface area contributed by atoms with Crippen molar-refractivity contribution in [2.24, 2.45) is 0 Å². The van der Waals surface area contributed by atoms with Crippen LogP contribution >= 0.6 is 0 Å². The lowest BCUT2D eigenvalue weighted by molar-refractivity contribution is 0.366. The van der Waals surface area contributed by atoms with Gasteiger partial charge < -0.3 is 46.6 Å². The van der Waals surface area contributed by atoms with E-state index in [-0.39, 0.29) is 11.5 Å². The maximum atomic E-state index is 6.53. The van der Waals surface area contributed by atoms with Crippen LogP contribution in [0.15, 0.2) is 133 Å². The molecule has 0 saturated carbocycles. The lowest BCUT2D eigenvalue weighted by Gasteiger charge is -2.20. The molecule has 0 aliphatic heterocycles. The molecule has 0 aliphatic carbocycles. The molecule has 6 rings (SSSR count). The number of nitrogen functional groups attached to an aromatic ring is 4. The molecule has 0 spiro atoms. The third-order valence-electron chi connectivity index (χ3n) is 6.65. The van der Waals surface area contributed by atoms with Crippen molar-refractivity contribution < 1.29 is 23.7 Å². The van der Waals surface area contributed by atoms with Crippen LogP contribution < -0.4 is 46.6 Å². The maximum absolute atomic E-state index is 6.53. The molecule has 224 valence electrons. The van der Waals surface area contributed by atoms with Crippen molar-refractivity contribution in [3.63, 3.8) is 0 Å². The van der Waals surface area contributed by atoms with Gasteiger partial charge in [0.2, 0.25) is 11.5 Å². The van der Waals surface area contributed by atoms with Gasteiger partial charge in [-0.05, 0) is 72.8 Å². The summed E-state index contributed by atoms with van der Waals surface area (Å²) in [6.45, 7) is 0. The molecule has 0 bridgehead atoms.